The Morgan fingerprint density at radius 1 is 0.302 bits per heavy atom. The molecule has 0 fully saturated rings. The lowest BCUT2D eigenvalue weighted by atomic mass is 10.0. The molecule has 0 N–H and O–H groups in total. The Kier molecular flexibility index (Phi) is 7.47. The molecule has 10 rings (SSSR count). The Morgan fingerprint density at radius 2 is 0.755 bits per heavy atom. The quantitative estimate of drug-likeness (QED) is 0.166. The summed E-state index contributed by atoms with van der Waals surface area (Å²) in [7, 11) is 0. The third-order valence-corrected chi connectivity index (χ3v) is 10.2. The first-order valence-electron chi connectivity index (χ1n) is 18.1. The van der Waals surface area contributed by atoms with Crippen LogP contribution in [-0.4, -0.2) is 4.57 Å². The molecule has 0 radical (unpaired) electrons. The molecule has 3 nitrogen and oxygen atoms in total. The second kappa shape index (κ2) is 12.9. The second-order valence-corrected chi connectivity index (χ2v) is 13.5. The molecular weight excluding hydrogens is 643 g/mol. The van der Waals surface area contributed by atoms with Gasteiger partial charge in [0.05, 0.1) is 22.4 Å². The van der Waals surface area contributed by atoms with Crippen molar-refractivity contribution in [1.82, 2.24) is 4.57 Å². The van der Waals surface area contributed by atoms with Crippen LogP contribution in [0.4, 0.5) is 34.1 Å². The monoisotopic (exact) mass is 677 g/mol. The highest BCUT2D eigenvalue weighted by Gasteiger charge is 2.25. The maximum atomic E-state index is 2.47. The number of aromatic nitrogens is 1. The Bertz CT molecular complexity index is 2800. The fraction of sp³-hybridized carbons (Fsp3) is 0. The van der Waals surface area contributed by atoms with E-state index >= 15 is 0 Å². The predicted octanol–water partition coefficient (Wildman–Crippen LogP) is 14.0. The molecule has 0 amide bonds. The summed E-state index contributed by atoms with van der Waals surface area (Å²) >= 11 is 0. The van der Waals surface area contributed by atoms with Gasteiger partial charge in [0.1, 0.15) is 0 Å². The molecule has 0 saturated heterocycles. The first-order valence-corrected chi connectivity index (χ1v) is 18.1. The standard InChI is InChI=1S/C50H35N3/c1-5-21-40(22-6-1)51(41-23-7-2-8-24-41)45-34-48(52(42-25-9-3-10-26-42)43-27-11-4-12-28-43)50-46-32-38-19-15-16-20-39(38)33-47(46)53(49(50)35-45)44-30-29-36-17-13-14-18-37(36)31-44/h1-35H. The number of para-hydroxylation sites is 4. The highest BCUT2D eigenvalue weighted by molar-refractivity contribution is 6.20. The number of rotatable bonds is 7. The molecule has 0 atom stereocenters. The molecular formula is C50H35N3. The number of benzene rings is 9. The van der Waals surface area contributed by atoms with Gasteiger partial charge in [-0.05, 0) is 106 Å². The van der Waals surface area contributed by atoms with Crippen molar-refractivity contribution in [2.75, 3.05) is 9.80 Å². The van der Waals surface area contributed by atoms with Crippen LogP contribution in [0.3, 0.4) is 0 Å². The average molecular weight is 678 g/mol. The summed E-state index contributed by atoms with van der Waals surface area (Å²) in [5.41, 5.74) is 9.96. The SMILES string of the molecule is c1ccc(N(c2ccccc2)c2cc(N(c3ccccc3)c3ccccc3)c3c4cc5ccccc5cc4n(-c4ccc5ccccc5c4)c3c2)cc1. The molecule has 53 heavy (non-hydrogen) atoms. The van der Waals surface area contributed by atoms with Gasteiger partial charge in [0.25, 0.3) is 0 Å². The van der Waals surface area contributed by atoms with E-state index < -0.39 is 0 Å². The van der Waals surface area contributed by atoms with E-state index in [9.17, 15) is 0 Å². The predicted molar refractivity (Wildman–Crippen MR) is 225 cm³/mol. The fourth-order valence-electron chi connectivity index (χ4n) is 7.88. The van der Waals surface area contributed by atoms with Crippen molar-refractivity contribution in [3.63, 3.8) is 0 Å². The third kappa shape index (κ3) is 5.38. The van der Waals surface area contributed by atoms with E-state index in [1.807, 2.05) is 0 Å². The zero-order chi connectivity index (χ0) is 35.1. The van der Waals surface area contributed by atoms with Crippen molar-refractivity contribution in [3.8, 4) is 5.69 Å². The molecule has 0 saturated carbocycles. The Balaban J connectivity index is 1.40. The maximum absolute atomic E-state index is 2.47. The van der Waals surface area contributed by atoms with E-state index in [-0.39, 0.29) is 0 Å². The van der Waals surface area contributed by atoms with Crippen molar-refractivity contribution in [2.24, 2.45) is 0 Å². The summed E-state index contributed by atoms with van der Waals surface area (Å²) in [4.78, 5) is 4.79. The number of fused-ring (bicyclic) bond motifs is 5. The minimum atomic E-state index is 1.07. The summed E-state index contributed by atoms with van der Waals surface area (Å²) in [6, 6.07) is 76.5. The van der Waals surface area contributed by atoms with Gasteiger partial charge in [-0.25, -0.2) is 0 Å². The Hall–Kier alpha value is -7.10. The van der Waals surface area contributed by atoms with Gasteiger partial charge < -0.3 is 14.4 Å². The van der Waals surface area contributed by atoms with Gasteiger partial charge in [-0.1, -0.05) is 127 Å². The minimum Gasteiger partial charge on any atom is -0.310 e. The van der Waals surface area contributed by atoms with Gasteiger partial charge in [0, 0.05) is 39.2 Å². The van der Waals surface area contributed by atoms with Gasteiger partial charge in [0.15, 0.2) is 0 Å². The van der Waals surface area contributed by atoms with E-state index in [1.54, 1.807) is 0 Å². The molecule has 250 valence electrons. The summed E-state index contributed by atoms with van der Waals surface area (Å²) < 4.78 is 2.47. The van der Waals surface area contributed by atoms with Crippen molar-refractivity contribution >= 4 is 77.5 Å². The molecule has 0 aliphatic carbocycles. The van der Waals surface area contributed by atoms with E-state index in [0.29, 0.717) is 0 Å². The van der Waals surface area contributed by atoms with Crippen LogP contribution in [0.1, 0.15) is 0 Å². The van der Waals surface area contributed by atoms with Crippen LogP contribution < -0.4 is 9.80 Å². The number of anilines is 6. The summed E-state index contributed by atoms with van der Waals surface area (Å²) in [6.45, 7) is 0. The summed E-state index contributed by atoms with van der Waals surface area (Å²) in [6.07, 6.45) is 0. The van der Waals surface area contributed by atoms with Crippen LogP contribution in [0, 0.1) is 0 Å². The second-order valence-electron chi connectivity index (χ2n) is 13.5. The Morgan fingerprint density at radius 3 is 1.30 bits per heavy atom. The molecule has 0 bridgehead atoms. The van der Waals surface area contributed by atoms with Crippen molar-refractivity contribution in [3.05, 3.63) is 212 Å². The highest BCUT2D eigenvalue weighted by atomic mass is 15.2. The lowest BCUT2D eigenvalue weighted by molar-refractivity contribution is 1.18. The fourth-order valence-corrected chi connectivity index (χ4v) is 7.88. The zero-order valence-corrected chi connectivity index (χ0v) is 29.0. The third-order valence-electron chi connectivity index (χ3n) is 10.2. The number of nitrogens with zero attached hydrogens (tertiary/aromatic N) is 3. The summed E-state index contributed by atoms with van der Waals surface area (Å²) in [5, 5.41) is 7.26. The van der Waals surface area contributed by atoms with Crippen LogP contribution in [-0.2, 0) is 0 Å². The normalized spacial score (nSPS) is 11.4. The van der Waals surface area contributed by atoms with Crippen molar-refractivity contribution in [1.29, 1.82) is 0 Å². The average Bonchev–Trinajstić information content (AvgIpc) is 3.54. The van der Waals surface area contributed by atoms with Crippen LogP contribution in [0.25, 0.3) is 49.0 Å². The number of hydrogen-bond donors (Lipinski definition) is 0. The maximum Gasteiger partial charge on any atom is 0.0583 e. The van der Waals surface area contributed by atoms with Gasteiger partial charge >= 0.3 is 0 Å². The minimum absolute atomic E-state index is 1.07. The van der Waals surface area contributed by atoms with Crippen molar-refractivity contribution < 1.29 is 0 Å². The largest absolute Gasteiger partial charge is 0.310 e. The molecule has 1 aromatic heterocycles. The molecule has 3 heteroatoms. The van der Waals surface area contributed by atoms with E-state index in [2.05, 4.69) is 227 Å². The molecule has 0 aliphatic rings. The molecule has 0 spiro atoms. The first kappa shape index (κ1) is 30.7. The first-order chi connectivity index (χ1) is 26.3. The number of hydrogen-bond acceptors (Lipinski definition) is 2. The molecule has 0 aliphatic heterocycles. The molecule has 9 aromatic carbocycles. The molecule has 0 unspecified atom stereocenters. The van der Waals surface area contributed by atoms with E-state index in [4.69, 9.17) is 0 Å². The van der Waals surface area contributed by atoms with E-state index in [0.717, 1.165) is 45.3 Å². The van der Waals surface area contributed by atoms with Gasteiger partial charge in [0.2, 0.25) is 0 Å². The van der Waals surface area contributed by atoms with Crippen LogP contribution in [0.15, 0.2) is 212 Å². The molecule has 10 aromatic rings. The Labute approximate surface area is 308 Å². The van der Waals surface area contributed by atoms with Gasteiger partial charge in [-0.2, -0.15) is 0 Å². The lowest BCUT2D eigenvalue weighted by Crippen LogP contribution is -2.14. The topological polar surface area (TPSA) is 11.4 Å². The van der Waals surface area contributed by atoms with Gasteiger partial charge in [-0.3, -0.25) is 0 Å². The van der Waals surface area contributed by atoms with Crippen LogP contribution >= 0.6 is 0 Å². The summed E-state index contributed by atoms with van der Waals surface area (Å²) in [5.74, 6) is 0. The van der Waals surface area contributed by atoms with Crippen molar-refractivity contribution in [2.45, 2.75) is 0 Å². The molecule has 1 heterocycles. The smallest absolute Gasteiger partial charge is 0.0583 e. The van der Waals surface area contributed by atoms with Gasteiger partial charge in [-0.15, -0.1) is 0 Å². The highest BCUT2D eigenvalue weighted by Crippen LogP contribution is 2.48. The zero-order valence-electron chi connectivity index (χ0n) is 29.0. The van der Waals surface area contributed by atoms with Crippen LogP contribution in [0.5, 0.6) is 0 Å². The van der Waals surface area contributed by atoms with Crippen LogP contribution in [0.2, 0.25) is 0 Å². The van der Waals surface area contributed by atoms with E-state index in [1.165, 1.54) is 37.8 Å². The lowest BCUT2D eigenvalue weighted by Gasteiger charge is -2.30.